The SMILES string of the molecule is C[C@@H]1[C@H](C)CCC[C@H]1NC(=O)Cn1c(Cl)nc2c1c(=O)n(C)c(=O)n2C. The molecule has 2 aromatic rings. The van der Waals surface area contributed by atoms with Crippen molar-refractivity contribution in [3.8, 4) is 0 Å². The van der Waals surface area contributed by atoms with E-state index in [1.807, 2.05) is 0 Å². The molecule has 2 aromatic heterocycles. The lowest BCUT2D eigenvalue weighted by atomic mass is 9.78. The van der Waals surface area contributed by atoms with Crippen LogP contribution in [0.3, 0.4) is 0 Å². The molecular weight excluding hydrogens is 358 g/mol. The fourth-order valence-corrected chi connectivity index (χ4v) is 3.97. The third-order valence-corrected chi connectivity index (χ3v) is 5.94. The molecule has 2 heterocycles. The fraction of sp³-hybridized carbons (Fsp3) is 0.647. The first-order chi connectivity index (χ1) is 12.2. The molecule has 0 saturated heterocycles. The van der Waals surface area contributed by atoms with Crippen LogP contribution in [0.1, 0.15) is 33.1 Å². The molecular formula is C17H24ClN5O3. The van der Waals surface area contributed by atoms with Gasteiger partial charge in [-0.1, -0.05) is 26.7 Å². The number of hydrogen-bond donors (Lipinski definition) is 1. The van der Waals surface area contributed by atoms with E-state index in [1.54, 1.807) is 0 Å². The van der Waals surface area contributed by atoms with Crippen LogP contribution in [0.15, 0.2) is 9.59 Å². The lowest BCUT2D eigenvalue weighted by molar-refractivity contribution is -0.123. The summed E-state index contributed by atoms with van der Waals surface area (Å²) in [4.78, 5) is 41.2. The molecule has 1 aliphatic rings. The summed E-state index contributed by atoms with van der Waals surface area (Å²) in [5, 5.41) is 3.08. The summed E-state index contributed by atoms with van der Waals surface area (Å²) in [6, 6.07) is 0.118. The van der Waals surface area contributed by atoms with Gasteiger partial charge in [-0.3, -0.25) is 23.3 Å². The number of nitrogens with one attached hydrogen (secondary N) is 1. The van der Waals surface area contributed by atoms with Crippen LogP contribution in [-0.4, -0.2) is 30.6 Å². The molecule has 0 spiro atoms. The summed E-state index contributed by atoms with van der Waals surface area (Å²) >= 11 is 6.16. The molecule has 3 rings (SSSR count). The van der Waals surface area contributed by atoms with Crippen molar-refractivity contribution in [2.75, 3.05) is 0 Å². The number of rotatable bonds is 3. The Balaban J connectivity index is 1.92. The van der Waals surface area contributed by atoms with Gasteiger partial charge in [-0.05, 0) is 29.9 Å². The number of carbonyl (C=O) groups is 1. The van der Waals surface area contributed by atoms with E-state index in [-0.39, 0.29) is 34.9 Å². The Labute approximate surface area is 155 Å². The Bertz CT molecular complexity index is 973. The first-order valence-corrected chi connectivity index (χ1v) is 9.21. The van der Waals surface area contributed by atoms with Gasteiger partial charge in [-0.25, -0.2) is 4.79 Å². The summed E-state index contributed by atoms with van der Waals surface area (Å²) in [5.41, 5.74) is -0.677. The molecule has 9 heteroatoms. The van der Waals surface area contributed by atoms with Crippen LogP contribution in [0.25, 0.3) is 11.2 Å². The minimum atomic E-state index is -0.519. The minimum Gasteiger partial charge on any atom is -0.352 e. The van der Waals surface area contributed by atoms with Gasteiger partial charge < -0.3 is 5.32 Å². The Kier molecular flexibility index (Phi) is 4.96. The fourth-order valence-electron chi connectivity index (χ4n) is 3.75. The molecule has 0 radical (unpaired) electrons. The van der Waals surface area contributed by atoms with Crippen molar-refractivity contribution in [3.63, 3.8) is 0 Å². The van der Waals surface area contributed by atoms with Crippen LogP contribution in [0.2, 0.25) is 5.28 Å². The molecule has 1 fully saturated rings. The highest BCUT2D eigenvalue weighted by molar-refractivity contribution is 6.29. The Morgan fingerprint density at radius 2 is 1.92 bits per heavy atom. The predicted octanol–water partition coefficient (Wildman–Crippen LogP) is 1.03. The monoisotopic (exact) mass is 381 g/mol. The van der Waals surface area contributed by atoms with E-state index in [0.717, 1.165) is 17.4 Å². The molecule has 1 saturated carbocycles. The number of aryl methyl sites for hydroxylation is 1. The molecule has 0 bridgehead atoms. The average molecular weight is 382 g/mol. The van der Waals surface area contributed by atoms with Crippen molar-refractivity contribution in [3.05, 3.63) is 26.1 Å². The lowest BCUT2D eigenvalue weighted by Crippen LogP contribution is -2.45. The topological polar surface area (TPSA) is 90.9 Å². The lowest BCUT2D eigenvalue weighted by Gasteiger charge is -2.34. The normalized spacial score (nSPS) is 23.3. The number of nitrogens with zero attached hydrogens (tertiary/aromatic N) is 4. The first kappa shape index (κ1) is 18.7. The summed E-state index contributed by atoms with van der Waals surface area (Å²) < 4.78 is 3.60. The van der Waals surface area contributed by atoms with Gasteiger partial charge in [0.2, 0.25) is 11.2 Å². The zero-order chi connectivity index (χ0) is 19.2. The van der Waals surface area contributed by atoms with E-state index in [0.29, 0.717) is 11.8 Å². The Hall–Kier alpha value is -2.09. The summed E-state index contributed by atoms with van der Waals surface area (Å²) in [6.45, 7) is 4.24. The van der Waals surface area contributed by atoms with Crippen molar-refractivity contribution in [1.29, 1.82) is 0 Å². The smallest absolute Gasteiger partial charge is 0.332 e. The minimum absolute atomic E-state index is 0.0125. The van der Waals surface area contributed by atoms with Gasteiger partial charge in [0.05, 0.1) is 0 Å². The number of imidazole rings is 1. The maximum absolute atomic E-state index is 12.6. The van der Waals surface area contributed by atoms with Gasteiger partial charge in [0.25, 0.3) is 5.56 Å². The highest BCUT2D eigenvalue weighted by atomic mass is 35.5. The van der Waals surface area contributed by atoms with E-state index >= 15 is 0 Å². The highest BCUT2D eigenvalue weighted by Crippen LogP contribution is 2.29. The molecule has 1 N–H and O–H groups in total. The second-order valence-electron chi connectivity index (χ2n) is 7.29. The van der Waals surface area contributed by atoms with E-state index in [4.69, 9.17) is 11.6 Å². The summed E-state index contributed by atoms with van der Waals surface area (Å²) in [7, 11) is 2.91. The molecule has 1 aliphatic carbocycles. The maximum atomic E-state index is 12.6. The molecule has 142 valence electrons. The molecule has 0 unspecified atom stereocenters. The average Bonchev–Trinajstić information content (AvgIpc) is 2.92. The molecule has 0 aromatic carbocycles. The quantitative estimate of drug-likeness (QED) is 0.804. The van der Waals surface area contributed by atoms with E-state index < -0.39 is 11.2 Å². The Morgan fingerprint density at radius 1 is 1.23 bits per heavy atom. The number of hydrogen-bond acceptors (Lipinski definition) is 4. The first-order valence-electron chi connectivity index (χ1n) is 8.83. The van der Waals surface area contributed by atoms with Gasteiger partial charge in [0.1, 0.15) is 6.54 Å². The third kappa shape index (κ3) is 3.06. The molecule has 26 heavy (non-hydrogen) atoms. The number of fused-ring (bicyclic) bond motifs is 1. The third-order valence-electron chi connectivity index (χ3n) is 5.66. The summed E-state index contributed by atoms with van der Waals surface area (Å²) in [5.74, 6) is 0.748. The van der Waals surface area contributed by atoms with Crippen LogP contribution in [-0.2, 0) is 25.4 Å². The van der Waals surface area contributed by atoms with Crippen LogP contribution >= 0.6 is 11.6 Å². The maximum Gasteiger partial charge on any atom is 0.332 e. The summed E-state index contributed by atoms with van der Waals surface area (Å²) in [6.07, 6.45) is 3.22. The van der Waals surface area contributed by atoms with Crippen LogP contribution in [0.5, 0.6) is 0 Å². The van der Waals surface area contributed by atoms with Gasteiger partial charge in [0, 0.05) is 20.1 Å². The van der Waals surface area contributed by atoms with E-state index in [9.17, 15) is 14.4 Å². The van der Waals surface area contributed by atoms with Crippen molar-refractivity contribution in [2.24, 2.45) is 25.9 Å². The molecule has 8 nitrogen and oxygen atoms in total. The van der Waals surface area contributed by atoms with Gasteiger partial charge in [0.15, 0.2) is 11.2 Å². The zero-order valence-corrected chi connectivity index (χ0v) is 16.2. The van der Waals surface area contributed by atoms with E-state index in [2.05, 4.69) is 24.1 Å². The van der Waals surface area contributed by atoms with Crippen molar-refractivity contribution < 1.29 is 4.79 Å². The predicted molar refractivity (Wildman–Crippen MR) is 99.3 cm³/mol. The second-order valence-corrected chi connectivity index (χ2v) is 7.62. The van der Waals surface area contributed by atoms with Crippen LogP contribution in [0.4, 0.5) is 0 Å². The number of aromatic nitrogens is 4. The second kappa shape index (κ2) is 6.90. The van der Waals surface area contributed by atoms with E-state index in [1.165, 1.54) is 29.7 Å². The van der Waals surface area contributed by atoms with Gasteiger partial charge >= 0.3 is 5.69 Å². The number of halogens is 1. The molecule has 3 atom stereocenters. The van der Waals surface area contributed by atoms with Crippen LogP contribution < -0.4 is 16.6 Å². The van der Waals surface area contributed by atoms with Crippen molar-refractivity contribution in [2.45, 2.75) is 45.7 Å². The largest absolute Gasteiger partial charge is 0.352 e. The Morgan fingerprint density at radius 3 is 2.62 bits per heavy atom. The standard InChI is InChI=1S/C17H24ClN5O3/c1-9-6-5-7-11(10(9)2)19-12(24)8-23-13-14(20-16(23)18)21(3)17(26)22(4)15(13)25/h9-11H,5-8H2,1-4H3,(H,19,24)/t9-,10-,11-/m1/s1. The zero-order valence-electron chi connectivity index (χ0n) is 15.5. The van der Waals surface area contributed by atoms with Gasteiger partial charge in [-0.15, -0.1) is 0 Å². The van der Waals surface area contributed by atoms with Gasteiger partial charge in [-0.2, -0.15) is 4.98 Å². The van der Waals surface area contributed by atoms with Crippen LogP contribution in [0, 0.1) is 11.8 Å². The number of carbonyl (C=O) groups excluding carboxylic acids is 1. The highest BCUT2D eigenvalue weighted by Gasteiger charge is 2.28. The number of amides is 1. The molecule has 0 aliphatic heterocycles. The molecule has 1 amide bonds. The van der Waals surface area contributed by atoms with Crippen molar-refractivity contribution in [1.82, 2.24) is 24.0 Å². The van der Waals surface area contributed by atoms with Crippen molar-refractivity contribution >= 4 is 28.7 Å².